The zero-order valence-electron chi connectivity index (χ0n) is 17.1. The molecule has 1 unspecified atom stereocenters. The number of pyridine rings is 1. The Kier molecular flexibility index (Phi) is 5.48. The number of rotatable bonds is 7. The summed E-state index contributed by atoms with van der Waals surface area (Å²) in [5.41, 5.74) is 9.58. The topological polar surface area (TPSA) is 87.1 Å². The molecule has 0 aliphatic heterocycles. The van der Waals surface area contributed by atoms with E-state index in [2.05, 4.69) is 53.3 Å². The molecule has 4 aromatic rings. The van der Waals surface area contributed by atoms with E-state index in [1.807, 2.05) is 42.5 Å². The van der Waals surface area contributed by atoms with E-state index in [9.17, 15) is 0 Å². The minimum absolute atomic E-state index is 0.0674. The van der Waals surface area contributed by atoms with Gasteiger partial charge in [-0.1, -0.05) is 49.3 Å². The molecule has 6 nitrogen and oxygen atoms in total. The number of anilines is 1. The summed E-state index contributed by atoms with van der Waals surface area (Å²) in [6.07, 6.45) is 2.72. The van der Waals surface area contributed by atoms with Crippen LogP contribution >= 0.6 is 0 Å². The summed E-state index contributed by atoms with van der Waals surface area (Å²) in [6.45, 7) is 4.89. The fourth-order valence-corrected chi connectivity index (χ4v) is 3.47. The highest BCUT2D eigenvalue weighted by molar-refractivity contribution is 5.55. The van der Waals surface area contributed by atoms with Crippen LogP contribution < -0.4 is 10.5 Å². The summed E-state index contributed by atoms with van der Waals surface area (Å²) >= 11 is 0. The number of nitrogens with two attached hydrogens (primary N) is 1. The second kappa shape index (κ2) is 8.37. The van der Waals surface area contributed by atoms with Crippen molar-refractivity contribution in [1.82, 2.24) is 15.2 Å². The average molecular weight is 400 g/mol. The van der Waals surface area contributed by atoms with Gasteiger partial charge in [0.2, 0.25) is 5.89 Å². The van der Waals surface area contributed by atoms with Crippen molar-refractivity contribution in [2.45, 2.75) is 32.3 Å². The average Bonchev–Trinajstić information content (AvgIpc) is 3.24. The number of nitrogen functional groups attached to an aromatic ring is 1. The predicted octanol–water partition coefficient (Wildman–Crippen LogP) is 5.01. The second-order valence-electron chi connectivity index (χ2n) is 7.34. The van der Waals surface area contributed by atoms with Gasteiger partial charge in [0.25, 0.3) is 0 Å². The van der Waals surface area contributed by atoms with E-state index in [0.29, 0.717) is 12.5 Å². The first kappa shape index (κ1) is 19.6. The highest BCUT2D eigenvalue weighted by atomic mass is 16.5. The lowest BCUT2D eigenvalue weighted by atomic mass is 9.74. The Bertz CT molecular complexity index is 1090. The predicted molar refractivity (Wildman–Crippen MR) is 116 cm³/mol. The van der Waals surface area contributed by atoms with E-state index in [1.165, 1.54) is 11.1 Å². The van der Waals surface area contributed by atoms with Gasteiger partial charge in [-0.05, 0) is 53.9 Å². The zero-order chi connectivity index (χ0) is 21.0. The third-order valence-electron chi connectivity index (χ3n) is 5.52. The van der Waals surface area contributed by atoms with E-state index in [4.69, 9.17) is 14.9 Å². The first-order valence-electron chi connectivity index (χ1n) is 9.91. The van der Waals surface area contributed by atoms with Crippen LogP contribution in [0.3, 0.4) is 0 Å². The van der Waals surface area contributed by atoms with Crippen molar-refractivity contribution in [3.63, 3.8) is 0 Å². The van der Waals surface area contributed by atoms with Crippen LogP contribution in [0.1, 0.15) is 37.1 Å². The van der Waals surface area contributed by atoms with Crippen molar-refractivity contribution in [2.75, 3.05) is 5.73 Å². The molecule has 2 N–H and O–H groups in total. The van der Waals surface area contributed by atoms with Crippen molar-refractivity contribution in [3.05, 3.63) is 89.7 Å². The maximum absolute atomic E-state index is 5.87. The molecular weight excluding hydrogens is 376 g/mol. The fourth-order valence-electron chi connectivity index (χ4n) is 3.47. The zero-order valence-corrected chi connectivity index (χ0v) is 17.1. The van der Waals surface area contributed by atoms with Gasteiger partial charge in [0.15, 0.2) is 0 Å². The summed E-state index contributed by atoms with van der Waals surface area (Å²) in [5, 5.41) is 7.66. The van der Waals surface area contributed by atoms with Crippen LogP contribution in [0.4, 0.5) is 6.01 Å². The van der Waals surface area contributed by atoms with Crippen molar-refractivity contribution in [2.24, 2.45) is 0 Å². The molecule has 2 heterocycles. The van der Waals surface area contributed by atoms with Crippen molar-refractivity contribution in [3.8, 4) is 17.2 Å². The molecule has 0 bridgehead atoms. The van der Waals surface area contributed by atoms with Gasteiger partial charge in [-0.25, -0.2) is 0 Å². The molecular formula is C24H24N4O2. The number of aromatic nitrogens is 3. The van der Waals surface area contributed by atoms with Crippen LogP contribution in [0.2, 0.25) is 0 Å². The molecule has 2 aromatic carbocycles. The second-order valence-corrected chi connectivity index (χ2v) is 7.34. The number of benzene rings is 2. The molecule has 0 radical (unpaired) electrons. The van der Waals surface area contributed by atoms with E-state index in [0.717, 1.165) is 23.4 Å². The van der Waals surface area contributed by atoms with E-state index >= 15 is 0 Å². The van der Waals surface area contributed by atoms with Crippen molar-refractivity contribution >= 4 is 6.01 Å². The Morgan fingerprint density at radius 2 is 1.63 bits per heavy atom. The molecule has 0 fully saturated rings. The maximum Gasteiger partial charge on any atom is 0.313 e. The van der Waals surface area contributed by atoms with Crippen LogP contribution in [0.25, 0.3) is 11.5 Å². The fraction of sp³-hybridized carbons (Fsp3) is 0.208. The third-order valence-corrected chi connectivity index (χ3v) is 5.52. The smallest absolute Gasteiger partial charge is 0.313 e. The molecule has 0 saturated heterocycles. The molecule has 0 spiro atoms. The van der Waals surface area contributed by atoms with E-state index in [-0.39, 0.29) is 11.4 Å². The van der Waals surface area contributed by atoms with E-state index < -0.39 is 0 Å². The van der Waals surface area contributed by atoms with Crippen LogP contribution in [-0.4, -0.2) is 15.2 Å². The summed E-state index contributed by atoms with van der Waals surface area (Å²) in [5.74, 6) is 1.25. The van der Waals surface area contributed by atoms with Gasteiger partial charge in [0.1, 0.15) is 12.4 Å². The first-order valence-corrected chi connectivity index (χ1v) is 9.91. The monoisotopic (exact) mass is 400 g/mol. The summed E-state index contributed by atoms with van der Waals surface area (Å²) < 4.78 is 11.2. The number of hydrogen-bond donors (Lipinski definition) is 1. The highest BCUT2D eigenvalue weighted by Crippen LogP contribution is 2.36. The van der Waals surface area contributed by atoms with Gasteiger partial charge in [-0.2, -0.15) is 0 Å². The van der Waals surface area contributed by atoms with Gasteiger partial charge in [-0.3, -0.25) is 4.98 Å². The normalized spacial score (nSPS) is 13.0. The molecule has 4 rings (SSSR count). The van der Waals surface area contributed by atoms with Gasteiger partial charge in [-0.15, -0.1) is 5.10 Å². The van der Waals surface area contributed by atoms with Gasteiger partial charge >= 0.3 is 6.01 Å². The number of nitrogens with zero attached hydrogens (tertiary/aromatic N) is 3. The van der Waals surface area contributed by atoms with Crippen LogP contribution in [-0.2, 0) is 12.0 Å². The molecule has 0 aliphatic carbocycles. The quantitative estimate of drug-likeness (QED) is 0.469. The SMILES string of the molecule is CCC(C)(c1ccc(OCc2ccccn2)cc1)c1ccc(-c2nnc(N)o2)cc1. The maximum atomic E-state index is 5.87. The lowest BCUT2D eigenvalue weighted by Gasteiger charge is -2.30. The molecule has 1 atom stereocenters. The van der Waals surface area contributed by atoms with Crippen molar-refractivity contribution in [1.29, 1.82) is 0 Å². The Labute approximate surface area is 175 Å². The van der Waals surface area contributed by atoms with Crippen LogP contribution in [0.15, 0.2) is 77.3 Å². The van der Waals surface area contributed by atoms with Crippen LogP contribution in [0.5, 0.6) is 5.75 Å². The van der Waals surface area contributed by atoms with Gasteiger partial charge in [0.05, 0.1) is 5.69 Å². The number of ether oxygens (including phenoxy) is 1. The molecule has 0 saturated carbocycles. The molecule has 0 amide bonds. The summed E-state index contributed by atoms with van der Waals surface area (Å²) in [6, 6.07) is 22.3. The summed E-state index contributed by atoms with van der Waals surface area (Å²) in [7, 11) is 0. The van der Waals surface area contributed by atoms with Crippen LogP contribution in [0, 0.1) is 0 Å². The Balaban J connectivity index is 1.51. The lowest BCUT2D eigenvalue weighted by molar-refractivity contribution is 0.301. The Hall–Kier alpha value is -3.67. The minimum atomic E-state index is -0.133. The Morgan fingerprint density at radius 3 is 2.20 bits per heavy atom. The standard InChI is InChI=1S/C24H24N4O2/c1-3-24(2,18-9-7-17(8-10-18)22-27-28-23(25)30-22)19-11-13-21(14-12-19)29-16-20-6-4-5-15-26-20/h4-15H,3,16H2,1-2H3,(H2,25,28). The van der Waals surface area contributed by atoms with E-state index in [1.54, 1.807) is 6.20 Å². The minimum Gasteiger partial charge on any atom is -0.487 e. The molecule has 152 valence electrons. The summed E-state index contributed by atoms with van der Waals surface area (Å²) in [4.78, 5) is 4.29. The van der Waals surface area contributed by atoms with Gasteiger partial charge in [0, 0.05) is 17.2 Å². The molecule has 30 heavy (non-hydrogen) atoms. The third kappa shape index (κ3) is 4.03. The first-order chi connectivity index (χ1) is 14.6. The van der Waals surface area contributed by atoms with Gasteiger partial charge < -0.3 is 14.9 Å². The molecule has 2 aromatic heterocycles. The Morgan fingerprint density at radius 1 is 0.933 bits per heavy atom. The van der Waals surface area contributed by atoms with Crippen molar-refractivity contribution < 1.29 is 9.15 Å². The molecule has 0 aliphatic rings. The number of hydrogen-bond acceptors (Lipinski definition) is 6. The largest absolute Gasteiger partial charge is 0.487 e. The highest BCUT2D eigenvalue weighted by Gasteiger charge is 2.27. The lowest BCUT2D eigenvalue weighted by Crippen LogP contribution is -2.22. The molecule has 6 heteroatoms.